The van der Waals surface area contributed by atoms with E-state index in [0.717, 1.165) is 30.7 Å². The predicted molar refractivity (Wildman–Crippen MR) is 119 cm³/mol. The van der Waals surface area contributed by atoms with Crippen LogP contribution in [-0.4, -0.2) is 0 Å². The monoisotopic (exact) mass is 422 g/mol. The fourth-order valence-electron chi connectivity index (χ4n) is 5.43. The van der Waals surface area contributed by atoms with E-state index in [9.17, 15) is 13.2 Å². The molecular weight excluding hydrogens is 393 g/mol. The van der Waals surface area contributed by atoms with Gasteiger partial charge in [-0.2, -0.15) is 0 Å². The SMILES string of the molecule is C/C=C/C1CCC2CC(c3cc(F)c(C#Cc4ccc(C)c(F)c4)c(F)c3)CCC2C1. The molecule has 0 radical (unpaired) electrons. The number of allylic oxidation sites excluding steroid dienone is 2. The first-order valence-corrected chi connectivity index (χ1v) is 11.3. The summed E-state index contributed by atoms with van der Waals surface area (Å²) in [6.45, 7) is 3.74. The van der Waals surface area contributed by atoms with Gasteiger partial charge in [-0.1, -0.05) is 30.1 Å². The van der Waals surface area contributed by atoms with Gasteiger partial charge in [0.15, 0.2) is 0 Å². The number of halogens is 3. The smallest absolute Gasteiger partial charge is 0.142 e. The third-order valence-electron chi connectivity index (χ3n) is 7.16. The maximum Gasteiger partial charge on any atom is 0.142 e. The van der Waals surface area contributed by atoms with Gasteiger partial charge in [0.05, 0.1) is 5.56 Å². The summed E-state index contributed by atoms with van der Waals surface area (Å²) in [7, 11) is 0. The molecule has 2 saturated carbocycles. The van der Waals surface area contributed by atoms with Crippen molar-refractivity contribution in [1.29, 1.82) is 0 Å². The highest BCUT2D eigenvalue weighted by atomic mass is 19.1. The van der Waals surface area contributed by atoms with Crippen molar-refractivity contribution in [3.63, 3.8) is 0 Å². The first-order chi connectivity index (χ1) is 14.9. The van der Waals surface area contributed by atoms with E-state index in [4.69, 9.17) is 0 Å². The van der Waals surface area contributed by atoms with E-state index in [0.29, 0.717) is 23.0 Å². The minimum absolute atomic E-state index is 0.205. The summed E-state index contributed by atoms with van der Waals surface area (Å²) in [6, 6.07) is 7.46. The highest BCUT2D eigenvalue weighted by Crippen LogP contribution is 2.48. The van der Waals surface area contributed by atoms with Crippen LogP contribution in [0.1, 0.15) is 73.6 Å². The molecule has 3 heteroatoms. The normalized spacial score (nSPS) is 25.7. The van der Waals surface area contributed by atoms with Gasteiger partial charge in [-0.25, -0.2) is 13.2 Å². The fourth-order valence-corrected chi connectivity index (χ4v) is 5.43. The second-order valence-electron chi connectivity index (χ2n) is 9.20. The van der Waals surface area contributed by atoms with Crippen LogP contribution in [0.3, 0.4) is 0 Å². The maximum absolute atomic E-state index is 14.8. The lowest BCUT2D eigenvalue weighted by atomic mass is 9.64. The molecule has 0 aliphatic heterocycles. The summed E-state index contributed by atoms with van der Waals surface area (Å²) in [5.74, 6) is 5.90. The van der Waals surface area contributed by atoms with Crippen molar-refractivity contribution in [3.05, 3.63) is 82.2 Å². The van der Waals surface area contributed by atoms with E-state index in [1.165, 1.54) is 37.5 Å². The van der Waals surface area contributed by atoms with Gasteiger partial charge in [-0.05, 0) is 111 Å². The van der Waals surface area contributed by atoms with Gasteiger partial charge in [0, 0.05) is 5.56 Å². The van der Waals surface area contributed by atoms with Crippen LogP contribution in [-0.2, 0) is 0 Å². The van der Waals surface area contributed by atoms with Crippen LogP contribution in [0.15, 0.2) is 42.5 Å². The molecule has 2 aromatic carbocycles. The van der Waals surface area contributed by atoms with Crippen LogP contribution in [0.4, 0.5) is 13.2 Å². The molecule has 0 saturated heterocycles. The summed E-state index contributed by atoms with van der Waals surface area (Å²) < 4.78 is 43.2. The fraction of sp³-hybridized carbons (Fsp3) is 0.429. The topological polar surface area (TPSA) is 0 Å². The molecule has 0 nitrogen and oxygen atoms in total. The zero-order valence-electron chi connectivity index (χ0n) is 18.2. The summed E-state index contributed by atoms with van der Waals surface area (Å²) in [5.41, 5.74) is 1.41. The van der Waals surface area contributed by atoms with Gasteiger partial charge >= 0.3 is 0 Å². The molecule has 0 amide bonds. The first-order valence-electron chi connectivity index (χ1n) is 11.3. The van der Waals surface area contributed by atoms with Crippen molar-refractivity contribution >= 4 is 0 Å². The standard InChI is InChI=1S/C28H29F3/c1-3-4-19-7-9-22-15-23(11-10-21(22)13-19)24-16-27(30)25(28(31)17-24)12-8-20-6-5-18(2)26(29)14-20/h3-6,14,16-17,19,21-23H,7,9-11,13,15H2,1-2H3/b4-3+. The molecule has 0 aromatic heterocycles. The van der Waals surface area contributed by atoms with Crippen molar-refractivity contribution in [3.8, 4) is 11.8 Å². The average Bonchev–Trinajstić information content (AvgIpc) is 2.75. The Morgan fingerprint density at radius 3 is 2.26 bits per heavy atom. The Bertz CT molecular complexity index is 1020. The maximum atomic E-state index is 14.8. The van der Waals surface area contributed by atoms with Gasteiger partial charge in [-0.15, -0.1) is 0 Å². The van der Waals surface area contributed by atoms with E-state index in [2.05, 4.69) is 30.9 Å². The van der Waals surface area contributed by atoms with Crippen LogP contribution in [0.5, 0.6) is 0 Å². The van der Waals surface area contributed by atoms with Crippen molar-refractivity contribution in [1.82, 2.24) is 0 Å². The third-order valence-corrected chi connectivity index (χ3v) is 7.16. The number of aryl methyl sites for hydroxylation is 1. The van der Waals surface area contributed by atoms with Crippen LogP contribution >= 0.6 is 0 Å². The lowest BCUT2D eigenvalue weighted by Crippen LogP contribution is -2.30. The van der Waals surface area contributed by atoms with Crippen LogP contribution < -0.4 is 0 Å². The predicted octanol–water partition coefficient (Wildman–Crippen LogP) is 7.69. The van der Waals surface area contributed by atoms with E-state index < -0.39 is 11.6 Å². The molecule has 2 fully saturated rings. The summed E-state index contributed by atoms with van der Waals surface area (Å²) in [5, 5.41) is 0. The zero-order chi connectivity index (χ0) is 22.0. The molecule has 162 valence electrons. The summed E-state index contributed by atoms with van der Waals surface area (Å²) in [4.78, 5) is 0. The minimum Gasteiger partial charge on any atom is -0.207 e. The van der Waals surface area contributed by atoms with Gasteiger partial charge in [0.1, 0.15) is 17.5 Å². The van der Waals surface area contributed by atoms with Gasteiger partial charge < -0.3 is 0 Å². The number of hydrogen-bond acceptors (Lipinski definition) is 0. The highest BCUT2D eigenvalue weighted by Gasteiger charge is 2.35. The van der Waals surface area contributed by atoms with Crippen LogP contribution in [0.2, 0.25) is 0 Å². The lowest BCUT2D eigenvalue weighted by molar-refractivity contribution is 0.133. The quantitative estimate of drug-likeness (QED) is 0.344. The molecular formula is C28H29F3. The minimum atomic E-state index is -0.631. The second kappa shape index (κ2) is 9.35. The Labute approximate surface area is 183 Å². The second-order valence-corrected chi connectivity index (χ2v) is 9.20. The highest BCUT2D eigenvalue weighted by molar-refractivity contribution is 5.46. The summed E-state index contributed by atoms with van der Waals surface area (Å²) in [6.07, 6.45) is 11.3. The lowest BCUT2D eigenvalue weighted by Gasteiger charge is -2.41. The molecule has 0 spiro atoms. The van der Waals surface area contributed by atoms with Crippen LogP contribution in [0.25, 0.3) is 0 Å². The number of benzene rings is 2. The first kappa shape index (κ1) is 21.8. The largest absolute Gasteiger partial charge is 0.207 e. The van der Waals surface area contributed by atoms with E-state index in [1.807, 2.05) is 0 Å². The Balaban J connectivity index is 1.49. The molecule has 4 unspecified atom stereocenters. The number of hydrogen-bond donors (Lipinski definition) is 0. The Morgan fingerprint density at radius 2 is 1.55 bits per heavy atom. The summed E-state index contributed by atoms with van der Waals surface area (Å²) >= 11 is 0. The van der Waals surface area contributed by atoms with E-state index >= 15 is 0 Å². The molecule has 2 aliphatic carbocycles. The van der Waals surface area contributed by atoms with Gasteiger partial charge in [-0.3, -0.25) is 0 Å². The van der Waals surface area contributed by atoms with Gasteiger partial charge in [0.2, 0.25) is 0 Å². The average molecular weight is 423 g/mol. The number of rotatable bonds is 2. The van der Waals surface area contributed by atoms with Crippen molar-refractivity contribution in [2.24, 2.45) is 17.8 Å². The van der Waals surface area contributed by atoms with Crippen LogP contribution in [0, 0.1) is 54.0 Å². The molecule has 31 heavy (non-hydrogen) atoms. The molecule has 0 N–H and O–H groups in total. The molecule has 0 bridgehead atoms. The van der Waals surface area contributed by atoms with Gasteiger partial charge in [0.25, 0.3) is 0 Å². The third kappa shape index (κ3) is 4.90. The van der Waals surface area contributed by atoms with Crippen molar-refractivity contribution in [2.75, 3.05) is 0 Å². The van der Waals surface area contributed by atoms with E-state index in [-0.39, 0.29) is 17.3 Å². The number of fused-ring (bicyclic) bond motifs is 1. The zero-order valence-corrected chi connectivity index (χ0v) is 18.2. The Morgan fingerprint density at radius 1 is 0.839 bits per heavy atom. The Hall–Kier alpha value is -2.47. The van der Waals surface area contributed by atoms with E-state index in [1.54, 1.807) is 19.1 Å². The molecule has 2 aromatic rings. The molecule has 2 aliphatic rings. The Kier molecular flexibility index (Phi) is 6.56. The van der Waals surface area contributed by atoms with Crippen molar-refractivity contribution < 1.29 is 13.2 Å². The van der Waals surface area contributed by atoms with Crippen molar-refractivity contribution in [2.45, 2.75) is 58.3 Å². The molecule has 4 rings (SSSR count). The molecule has 0 heterocycles. The molecule has 4 atom stereocenters.